The fraction of sp³-hybridized carbons (Fsp3) is 0.381. The molecule has 1 fully saturated rings. The van der Waals surface area contributed by atoms with E-state index in [-0.39, 0.29) is 24.3 Å². The van der Waals surface area contributed by atoms with Crippen LogP contribution in [0.25, 0.3) is 0 Å². The minimum atomic E-state index is -0.431. The largest absolute Gasteiger partial charge is 0.383 e. The lowest BCUT2D eigenvalue weighted by Crippen LogP contribution is -2.36. The number of aromatic nitrogens is 1. The SMILES string of the molecule is COCCN1C(=O)C[C@@H](C(=O)NCc2ccccn2)[C@@H]1c1cccc(C)c1. The van der Waals surface area contributed by atoms with Gasteiger partial charge in [0.15, 0.2) is 0 Å². The molecule has 2 amide bonds. The Morgan fingerprint density at radius 2 is 2.15 bits per heavy atom. The molecule has 1 N–H and O–H groups in total. The first-order valence-electron chi connectivity index (χ1n) is 9.12. The molecule has 27 heavy (non-hydrogen) atoms. The van der Waals surface area contributed by atoms with Crippen molar-refractivity contribution in [2.24, 2.45) is 5.92 Å². The van der Waals surface area contributed by atoms with Crippen LogP contribution in [-0.2, 0) is 20.9 Å². The summed E-state index contributed by atoms with van der Waals surface area (Å²) in [5.74, 6) is -0.572. The predicted molar refractivity (Wildman–Crippen MR) is 102 cm³/mol. The first-order valence-corrected chi connectivity index (χ1v) is 9.12. The zero-order valence-electron chi connectivity index (χ0n) is 15.7. The minimum absolute atomic E-state index is 0.0171. The zero-order chi connectivity index (χ0) is 19.2. The highest BCUT2D eigenvalue weighted by Crippen LogP contribution is 2.38. The molecule has 1 aromatic heterocycles. The number of pyridine rings is 1. The van der Waals surface area contributed by atoms with Crippen LogP contribution in [0.3, 0.4) is 0 Å². The number of hydrogen-bond acceptors (Lipinski definition) is 4. The number of likely N-dealkylation sites (tertiary alicyclic amines) is 1. The van der Waals surface area contributed by atoms with Crippen molar-refractivity contribution in [1.29, 1.82) is 0 Å². The molecule has 0 aliphatic carbocycles. The van der Waals surface area contributed by atoms with Crippen molar-refractivity contribution < 1.29 is 14.3 Å². The van der Waals surface area contributed by atoms with Gasteiger partial charge in [0, 0.05) is 26.3 Å². The second kappa shape index (κ2) is 8.77. The topological polar surface area (TPSA) is 71.5 Å². The van der Waals surface area contributed by atoms with Gasteiger partial charge in [-0.15, -0.1) is 0 Å². The first-order chi connectivity index (χ1) is 13.1. The van der Waals surface area contributed by atoms with Crippen molar-refractivity contribution >= 4 is 11.8 Å². The van der Waals surface area contributed by atoms with Gasteiger partial charge in [-0.05, 0) is 24.6 Å². The normalized spacial score (nSPS) is 19.3. The second-order valence-corrected chi connectivity index (χ2v) is 6.79. The molecule has 2 heterocycles. The van der Waals surface area contributed by atoms with Crippen LogP contribution >= 0.6 is 0 Å². The summed E-state index contributed by atoms with van der Waals surface area (Å²) in [6, 6.07) is 13.3. The molecule has 6 heteroatoms. The second-order valence-electron chi connectivity index (χ2n) is 6.79. The van der Waals surface area contributed by atoms with E-state index < -0.39 is 5.92 Å². The fourth-order valence-electron chi connectivity index (χ4n) is 3.56. The monoisotopic (exact) mass is 367 g/mol. The molecule has 2 aromatic rings. The van der Waals surface area contributed by atoms with Crippen LogP contribution in [0.2, 0.25) is 0 Å². The molecule has 0 bridgehead atoms. The van der Waals surface area contributed by atoms with Crippen LogP contribution in [0.4, 0.5) is 0 Å². The molecule has 0 spiro atoms. The third-order valence-electron chi connectivity index (χ3n) is 4.86. The lowest BCUT2D eigenvalue weighted by Gasteiger charge is -2.28. The molecule has 1 aliphatic rings. The molecule has 2 atom stereocenters. The van der Waals surface area contributed by atoms with Gasteiger partial charge < -0.3 is 15.0 Å². The van der Waals surface area contributed by atoms with Gasteiger partial charge in [0.05, 0.1) is 30.8 Å². The predicted octanol–water partition coefficient (Wildman–Crippen LogP) is 2.24. The van der Waals surface area contributed by atoms with E-state index in [4.69, 9.17) is 4.74 Å². The van der Waals surface area contributed by atoms with Crippen molar-refractivity contribution in [3.05, 3.63) is 65.5 Å². The number of amides is 2. The summed E-state index contributed by atoms with van der Waals surface area (Å²) in [5, 5.41) is 2.94. The Kier molecular flexibility index (Phi) is 6.19. The molecule has 142 valence electrons. The van der Waals surface area contributed by atoms with Crippen LogP contribution in [-0.4, -0.2) is 42.0 Å². The van der Waals surface area contributed by atoms with Crippen LogP contribution in [0.15, 0.2) is 48.7 Å². The lowest BCUT2D eigenvalue weighted by atomic mass is 9.92. The van der Waals surface area contributed by atoms with E-state index in [0.717, 1.165) is 16.8 Å². The number of carbonyl (C=O) groups is 2. The van der Waals surface area contributed by atoms with Gasteiger partial charge in [-0.1, -0.05) is 35.9 Å². The average molecular weight is 367 g/mol. The van der Waals surface area contributed by atoms with Gasteiger partial charge in [0.25, 0.3) is 0 Å². The van der Waals surface area contributed by atoms with Gasteiger partial charge in [-0.25, -0.2) is 0 Å². The number of methoxy groups -OCH3 is 1. The zero-order valence-corrected chi connectivity index (χ0v) is 15.7. The van der Waals surface area contributed by atoms with E-state index in [0.29, 0.717) is 19.7 Å². The first kappa shape index (κ1) is 19.0. The van der Waals surface area contributed by atoms with Gasteiger partial charge in [-0.2, -0.15) is 0 Å². The average Bonchev–Trinajstić information content (AvgIpc) is 3.01. The Labute approximate surface area is 159 Å². The van der Waals surface area contributed by atoms with E-state index >= 15 is 0 Å². The fourth-order valence-corrected chi connectivity index (χ4v) is 3.56. The molecule has 1 aliphatic heterocycles. The van der Waals surface area contributed by atoms with E-state index in [1.165, 1.54) is 0 Å². The molecule has 1 aromatic carbocycles. The van der Waals surface area contributed by atoms with Crippen molar-refractivity contribution in [1.82, 2.24) is 15.2 Å². The number of ether oxygens (including phenoxy) is 1. The summed E-state index contributed by atoms with van der Waals surface area (Å²) in [4.78, 5) is 31.5. The maximum atomic E-state index is 12.9. The number of nitrogens with one attached hydrogen (secondary N) is 1. The quantitative estimate of drug-likeness (QED) is 0.815. The Morgan fingerprint density at radius 3 is 2.85 bits per heavy atom. The molecular formula is C21H25N3O3. The summed E-state index contributed by atoms with van der Waals surface area (Å²) in [5.41, 5.74) is 2.87. The Morgan fingerprint density at radius 1 is 1.30 bits per heavy atom. The Balaban J connectivity index is 1.80. The van der Waals surface area contributed by atoms with Crippen LogP contribution in [0, 0.1) is 12.8 Å². The third kappa shape index (κ3) is 4.52. The van der Waals surface area contributed by atoms with Crippen molar-refractivity contribution in [2.45, 2.75) is 25.9 Å². The Bertz CT molecular complexity index is 794. The smallest absolute Gasteiger partial charge is 0.226 e. The number of hydrogen-bond donors (Lipinski definition) is 1. The molecular weight excluding hydrogens is 342 g/mol. The van der Waals surface area contributed by atoms with Gasteiger partial charge >= 0.3 is 0 Å². The highest BCUT2D eigenvalue weighted by Gasteiger charge is 2.44. The maximum Gasteiger partial charge on any atom is 0.226 e. The highest BCUT2D eigenvalue weighted by molar-refractivity contribution is 5.90. The number of aryl methyl sites for hydroxylation is 1. The summed E-state index contributed by atoms with van der Waals surface area (Å²) in [6.45, 7) is 3.27. The van der Waals surface area contributed by atoms with E-state index in [1.54, 1.807) is 18.2 Å². The van der Waals surface area contributed by atoms with Gasteiger partial charge in [0.1, 0.15) is 0 Å². The van der Waals surface area contributed by atoms with E-state index in [1.807, 2.05) is 49.4 Å². The third-order valence-corrected chi connectivity index (χ3v) is 4.86. The van der Waals surface area contributed by atoms with E-state index in [2.05, 4.69) is 10.3 Å². The van der Waals surface area contributed by atoms with Gasteiger partial charge in [-0.3, -0.25) is 14.6 Å². The summed E-state index contributed by atoms with van der Waals surface area (Å²) < 4.78 is 5.16. The van der Waals surface area contributed by atoms with Crippen molar-refractivity contribution in [2.75, 3.05) is 20.3 Å². The molecule has 0 unspecified atom stereocenters. The molecule has 3 rings (SSSR count). The molecule has 1 saturated heterocycles. The minimum Gasteiger partial charge on any atom is -0.383 e. The number of nitrogens with zero attached hydrogens (tertiary/aromatic N) is 2. The van der Waals surface area contributed by atoms with Crippen LogP contribution in [0.1, 0.15) is 29.3 Å². The molecule has 6 nitrogen and oxygen atoms in total. The standard InChI is InChI=1S/C21H25N3O3/c1-15-6-5-7-16(12-15)20-18(13-19(25)24(20)10-11-27-2)21(26)23-14-17-8-3-4-9-22-17/h3-9,12,18,20H,10-11,13-14H2,1-2H3,(H,23,26)/t18-,20+/m1/s1. The van der Waals surface area contributed by atoms with Crippen LogP contribution < -0.4 is 5.32 Å². The molecule has 0 saturated carbocycles. The highest BCUT2D eigenvalue weighted by atomic mass is 16.5. The number of carbonyl (C=O) groups excluding carboxylic acids is 2. The molecule has 0 radical (unpaired) electrons. The summed E-state index contributed by atoms with van der Waals surface area (Å²) in [6.07, 6.45) is 1.90. The van der Waals surface area contributed by atoms with E-state index in [9.17, 15) is 9.59 Å². The summed E-state index contributed by atoms with van der Waals surface area (Å²) in [7, 11) is 1.61. The lowest BCUT2D eigenvalue weighted by molar-refractivity contribution is -0.129. The van der Waals surface area contributed by atoms with Gasteiger partial charge in [0.2, 0.25) is 11.8 Å². The van der Waals surface area contributed by atoms with Crippen molar-refractivity contribution in [3.8, 4) is 0 Å². The maximum absolute atomic E-state index is 12.9. The summed E-state index contributed by atoms with van der Waals surface area (Å²) >= 11 is 0. The van der Waals surface area contributed by atoms with Crippen LogP contribution in [0.5, 0.6) is 0 Å². The van der Waals surface area contributed by atoms with Crippen molar-refractivity contribution in [3.63, 3.8) is 0 Å². The Hall–Kier alpha value is -2.73. The number of rotatable bonds is 7. The number of benzene rings is 1.